The van der Waals surface area contributed by atoms with Crippen molar-refractivity contribution in [1.82, 2.24) is 5.32 Å². The third kappa shape index (κ3) is 4.65. The summed E-state index contributed by atoms with van der Waals surface area (Å²) in [5.74, 6) is -0.0577. The highest BCUT2D eigenvalue weighted by Crippen LogP contribution is 2.22. The van der Waals surface area contributed by atoms with Gasteiger partial charge in [0.25, 0.3) is 0 Å². The number of para-hydroxylation sites is 1. The summed E-state index contributed by atoms with van der Waals surface area (Å²) in [4.78, 5) is 12.3. The second-order valence-corrected chi connectivity index (χ2v) is 6.47. The van der Waals surface area contributed by atoms with Gasteiger partial charge in [0.2, 0.25) is 5.91 Å². The zero-order valence-electron chi connectivity index (χ0n) is 14.7. The normalized spacial score (nSPS) is 12.2. The number of nitrogens with one attached hydrogen (secondary N) is 2. The second-order valence-electron chi connectivity index (χ2n) is 6.47. The quantitative estimate of drug-likeness (QED) is 0.827. The van der Waals surface area contributed by atoms with Gasteiger partial charge in [-0.3, -0.25) is 4.79 Å². The topological polar surface area (TPSA) is 41.1 Å². The zero-order valence-corrected chi connectivity index (χ0v) is 14.7. The molecule has 0 saturated heterocycles. The van der Waals surface area contributed by atoms with E-state index in [1.54, 1.807) is 12.1 Å². The number of aryl methyl sites for hydroxylation is 2. The van der Waals surface area contributed by atoms with Crippen LogP contribution in [0, 0.1) is 25.6 Å². The van der Waals surface area contributed by atoms with Gasteiger partial charge in [0.1, 0.15) is 5.82 Å². The number of hydrogen-bond donors (Lipinski definition) is 2. The molecule has 2 N–H and O–H groups in total. The summed E-state index contributed by atoms with van der Waals surface area (Å²) in [6.45, 7) is 8.31. The summed E-state index contributed by atoms with van der Waals surface area (Å²) in [5, 5.41) is 6.25. The SMILES string of the molecule is Cc1cccc(C)c1NC(=O)CN[C@H](c1ccc(F)cc1)C(C)C. The molecule has 4 heteroatoms. The Morgan fingerprint density at radius 2 is 1.62 bits per heavy atom. The van der Waals surface area contributed by atoms with Gasteiger partial charge in [0, 0.05) is 11.7 Å². The Balaban J connectivity index is 2.01. The van der Waals surface area contributed by atoms with Gasteiger partial charge >= 0.3 is 0 Å². The molecule has 0 heterocycles. The second kappa shape index (κ2) is 8.06. The van der Waals surface area contributed by atoms with Crippen LogP contribution >= 0.6 is 0 Å². The van der Waals surface area contributed by atoms with Crippen LogP contribution in [0.2, 0.25) is 0 Å². The Morgan fingerprint density at radius 3 is 2.17 bits per heavy atom. The fourth-order valence-corrected chi connectivity index (χ4v) is 2.81. The Bertz CT molecular complexity index is 675. The maximum atomic E-state index is 13.1. The number of rotatable bonds is 6. The average Bonchev–Trinajstić information content (AvgIpc) is 2.52. The van der Waals surface area contributed by atoms with Gasteiger partial charge in [0.05, 0.1) is 6.54 Å². The van der Waals surface area contributed by atoms with Crippen LogP contribution in [0.25, 0.3) is 0 Å². The van der Waals surface area contributed by atoms with Crippen molar-refractivity contribution in [2.75, 3.05) is 11.9 Å². The molecule has 2 rings (SSSR count). The molecule has 0 aromatic heterocycles. The van der Waals surface area contributed by atoms with E-state index in [1.165, 1.54) is 12.1 Å². The van der Waals surface area contributed by atoms with Crippen molar-refractivity contribution in [3.63, 3.8) is 0 Å². The van der Waals surface area contributed by atoms with E-state index in [2.05, 4.69) is 24.5 Å². The molecule has 0 spiro atoms. The van der Waals surface area contributed by atoms with Crippen molar-refractivity contribution in [2.45, 2.75) is 33.7 Å². The standard InChI is InChI=1S/C20H25FN2O/c1-13(2)19(16-8-10-17(21)11-9-16)22-12-18(24)23-20-14(3)6-5-7-15(20)4/h5-11,13,19,22H,12H2,1-4H3,(H,23,24)/t19-/m0/s1. The summed E-state index contributed by atoms with van der Waals surface area (Å²) < 4.78 is 13.1. The number of carbonyl (C=O) groups is 1. The van der Waals surface area contributed by atoms with Crippen molar-refractivity contribution >= 4 is 11.6 Å². The number of amides is 1. The Hall–Kier alpha value is -2.20. The van der Waals surface area contributed by atoms with Crippen LogP contribution in [0.1, 0.15) is 36.6 Å². The van der Waals surface area contributed by atoms with Gasteiger partial charge in [-0.2, -0.15) is 0 Å². The van der Waals surface area contributed by atoms with Crippen LogP contribution in [0.3, 0.4) is 0 Å². The van der Waals surface area contributed by atoms with Gasteiger partial charge < -0.3 is 10.6 Å². The van der Waals surface area contributed by atoms with Gasteiger partial charge in [-0.15, -0.1) is 0 Å². The predicted molar refractivity (Wildman–Crippen MR) is 96.5 cm³/mol. The Labute approximate surface area is 143 Å². The third-order valence-corrected chi connectivity index (χ3v) is 4.12. The van der Waals surface area contributed by atoms with E-state index in [0.29, 0.717) is 0 Å². The average molecular weight is 328 g/mol. The fourth-order valence-electron chi connectivity index (χ4n) is 2.81. The zero-order chi connectivity index (χ0) is 17.7. The van der Waals surface area contributed by atoms with Gasteiger partial charge in [-0.1, -0.05) is 44.2 Å². The van der Waals surface area contributed by atoms with Crippen LogP contribution in [0.15, 0.2) is 42.5 Å². The smallest absolute Gasteiger partial charge is 0.238 e. The molecule has 0 fully saturated rings. The van der Waals surface area contributed by atoms with E-state index in [4.69, 9.17) is 0 Å². The van der Waals surface area contributed by atoms with Crippen LogP contribution in [0.4, 0.5) is 10.1 Å². The van der Waals surface area contributed by atoms with Gasteiger partial charge in [0.15, 0.2) is 0 Å². The molecule has 2 aromatic rings. The minimum atomic E-state index is -0.256. The molecular formula is C20H25FN2O. The minimum Gasteiger partial charge on any atom is -0.324 e. The predicted octanol–water partition coefficient (Wildman–Crippen LogP) is 4.37. The number of hydrogen-bond acceptors (Lipinski definition) is 2. The molecule has 24 heavy (non-hydrogen) atoms. The first-order valence-corrected chi connectivity index (χ1v) is 8.23. The molecule has 0 aliphatic rings. The number of halogens is 1. The Morgan fingerprint density at radius 1 is 1.04 bits per heavy atom. The first-order chi connectivity index (χ1) is 11.4. The molecular weight excluding hydrogens is 303 g/mol. The molecule has 0 bridgehead atoms. The molecule has 0 aliphatic carbocycles. The largest absolute Gasteiger partial charge is 0.324 e. The van der Waals surface area contributed by atoms with E-state index in [0.717, 1.165) is 22.4 Å². The van der Waals surface area contributed by atoms with E-state index in [-0.39, 0.29) is 30.2 Å². The first-order valence-electron chi connectivity index (χ1n) is 8.23. The van der Waals surface area contributed by atoms with Crippen molar-refractivity contribution < 1.29 is 9.18 Å². The van der Waals surface area contributed by atoms with Crippen LogP contribution in [0.5, 0.6) is 0 Å². The molecule has 0 unspecified atom stereocenters. The summed E-state index contributed by atoms with van der Waals surface area (Å²) in [5.41, 5.74) is 3.93. The monoisotopic (exact) mass is 328 g/mol. The van der Waals surface area contributed by atoms with Crippen molar-refractivity contribution in [1.29, 1.82) is 0 Å². The summed E-state index contributed by atoms with van der Waals surface area (Å²) in [7, 11) is 0. The lowest BCUT2D eigenvalue weighted by molar-refractivity contribution is -0.115. The highest BCUT2D eigenvalue weighted by atomic mass is 19.1. The maximum Gasteiger partial charge on any atom is 0.238 e. The fraction of sp³-hybridized carbons (Fsp3) is 0.350. The lowest BCUT2D eigenvalue weighted by Gasteiger charge is -2.23. The summed E-state index contributed by atoms with van der Waals surface area (Å²) in [6, 6.07) is 12.3. The third-order valence-electron chi connectivity index (χ3n) is 4.12. The molecule has 2 aromatic carbocycles. The minimum absolute atomic E-state index is 0.00526. The number of benzene rings is 2. The van der Waals surface area contributed by atoms with Crippen molar-refractivity contribution in [3.8, 4) is 0 Å². The summed E-state index contributed by atoms with van der Waals surface area (Å²) in [6.07, 6.45) is 0. The maximum absolute atomic E-state index is 13.1. The molecule has 0 radical (unpaired) electrons. The molecule has 0 saturated carbocycles. The number of anilines is 1. The lowest BCUT2D eigenvalue weighted by Crippen LogP contribution is -2.34. The first kappa shape index (κ1) is 18.1. The van der Waals surface area contributed by atoms with E-state index < -0.39 is 0 Å². The highest BCUT2D eigenvalue weighted by Gasteiger charge is 2.17. The molecule has 0 aliphatic heterocycles. The summed E-state index contributed by atoms with van der Waals surface area (Å²) >= 11 is 0. The van der Waals surface area contributed by atoms with E-state index in [1.807, 2.05) is 32.0 Å². The van der Waals surface area contributed by atoms with Crippen LogP contribution in [-0.4, -0.2) is 12.5 Å². The molecule has 3 nitrogen and oxygen atoms in total. The van der Waals surface area contributed by atoms with Crippen molar-refractivity contribution in [2.24, 2.45) is 5.92 Å². The van der Waals surface area contributed by atoms with Gasteiger partial charge in [-0.25, -0.2) is 4.39 Å². The molecule has 1 amide bonds. The molecule has 1 atom stereocenters. The highest BCUT2D eigenvalue weighted by molar-refractivity contribution is 5.93. The van der Waals surface area contributed by atoms with Crippen LogP contribution in [-0.2, 0) is 4.79 Å². The molecule has 128 valence electrons. The Kier molecular flexibility index (Phi) is 6.10. The van der Waals surface area contributed by atoms with Gasteiger partial charge in [-0.05, 0) is 48.6 Å². The lowest BCUT2D eigenvalue weighted by atomic mass is 9.96. The van der Waals surface area contributed by atoms with E-state index >= 15 is 0 Å². The number of carbonyl (C=O) groups excluding carboxylic acids is 1. The van der Waals surface area contributed by atoms with Crippen molar-refractivity contribution in [3.05, 3.63) is 65.0 Å². The van der Waals surface area contributed by atoms with E-state index in [9.17, 15) is 9.18 Å². The van der Waals surface area contributed by atoms with Crippen LogP contribution < -0.4 is 10.6 Å².